The Balaban J connectivity index is 1.98. The van der Waals surface area contributed by atoms with Crippen molar-refractivity contribution in [1.82, 2.24) is 0 Å². The maximum absolute atomic E-state index is 12.4. The number of aromatic carboxylic acids is 2. The number of nitrogens with zero attached hydrogens (tertiary/aromatic N) is 1. The van der Waals surface area contributed by atoms with E-state index < -0.39 is 11.9 Å². The van der Waals surface area contributed by atoms with E-state index in [4.69, 9.17) is 10.2 Å². The summed E-state index contributed by atoms with van der Waals surface area (Å²) in [5, 5.41) is 18.0. The first kappa shape index (κ1) is 13.8. The topological polar surface area (TPSA) is 94.9 Å². The van der Waals surface area contributed by atoms with E-state index in [0.29, 0.717) is 16.8 Å². The zero-order valence-corrected chi connectivity index (χ0v) is 11.3. The summed E-state index contributed by atoms with van der Waals surface area (Å²) in [4.78, 5) is 35.8. The van der Waals surface area contributed by atoms with Crippen LogP contribution in [0.5, 0.6) is 0 Å². The van der Waals surface area contributed by atoms with Crippen LogP contribution in [0.1, 0.15) is 36.6 Å². The van der Waals surface area contributed by atoms with Crippen molar-refractivity contribution in [1.29, 1.82) is 0 Å². The van der Waals surface area contributed by atoms with Gasteiger partial charge in [-0.3, -0.25) is 4.79 Å². The minimum atomic E-state index is -1.07. The number of benzene rings is 2. The van der Waals surface area contributed by atoms with E-state index >= 15 is 0 Å². The molecule has 0 radical (unpaired) electrons. The van der Waals surface area contributed by atoms with Crippen molar-refractivity contribution >= 4 is 23.5 Å². The van der Waals surface area contributed by atoms with Crippen LogP contribution >= 0.6 is 0 Å². The van der Waals surface area contributed by atoms with Crippen molar-refractivity contribution < 1.29 is 24.6 Å². The molecule has 0 aliphatic carbocycles. The number of anilines is 1. The normalized spacial score (nSPS) is 13.1. The molecule has 6 nitrogen and oxygen atoms in total. The summed E-state index contributed by atoms with van der Waals surface area (Å²) in [7, 11) is 0. The molecule has 0 fully saturated rings. The van der Waals surface area contributed by atoms with E-state index in [1.165, 1.54) is 35.2 Å². The van der Waals surface area contributed by atoms with E-state index in [2.05, 4.69) is 0 Å². The van der Waals surface area contributed by atoms with Crippen LogP contribution < -0.4 is 4.90 Å². The van der Waals surface area contributed by atoms with Gasteiger partial charge in [0.05, 0.1) is 17.7 Å². The number of rotatable bonds is 3. The molecular weight excluding hydrogens is 286 g/mol. The number of carbonyl (C=O) groups is 3. The molecule has 2 N–H and O–H groups in total. The molecule has 0 saturated heterocycles. The molecule has 22 heavy (non-hydrogen) atoms. The fraction of sp³-hybridized carbons (Fsp3) is 0.0625. The standard InChI is InChI=1S/C16H11NO5/c18-14-13-5-4-10(16(21)22)6-11(13)8-17(14)12-3-1-2-9(7-12)15(19)20/h1-7H,8H2,(H,19,20)(H,21,22). The Hall–Kier alpha value is -3.15. The minimum Gasteiger partial charge on any atom is -0.478 e. The van der Waals surface area contributed by atoms with Gasteiger partial charge in [0.1, 0.15) is 0 Å². The molecule has 2 aromatic carbocycles. The van der Waals surface area contributed by atoms with Gasteiger partial charge in [0.25, 0.3) is 5.91 Å². The van der Waals surface area contributed by atoms with Gasteiger partial charge in [0.15, 0.2) is 0 Å². The van der Waals surface area contributed by atoms with Crippen LogP contribution in [0.2, 0.25) is 0 Å². The Morgan fingerprint density at radius 3 is 2.32 bits per heavy atom. The molecule has 1 aliphatic heterocycles. The van der Waals surface area contributed by atoms with E-state index in [1.807, 2.05) is 0 Å². The van der Waals surface area contributed by atoms with Gasteiger partial charge in [-0.05, 0) is 42.0 Å². The van der Waals surface area contributed by atoms with Crippen molar-refractivity contribution in [2.75, 3.05) is 4.90 Å². The third kappa shape index (κ3) is 2.20. The maximum atomic E-state index is 12.4. The Morgan fingerprint density at radius 1 is 0.955 bits per heavy atom. The number of carboxylic acids is 2. The Bertz CT molecular complexity index is 812. The molecule has 0 spiro atoms. The van der Waals surface area contributed by atoms with Crippen molar-refractivity contribution in [2.45, 2.75) is 6.54 Å². The first-order chi connectivity index (χ1) is 10.5. The summed E-state index contributed by atoms with van der Waals surface area (Å²) in [5.41, 5.74) is 1.73. The summed E-state index contributed by atoms with van der Waals surface area (Å²) in [6.45, 7) is 0.221. The second-order valence-corrected chi connectivity index (χ2v) is 4.92. The van der Waals surface area contributed by atoms with Crippen LogP contribution in [0.15, 0.2) is 42.5 Å². The van der Waals surface area contributed by atoms with Crippen LogP contribution in [0.25, 0.3) is 0 Å². The van der Waals surface area contributed by atoms with Crippen LogP contribution in [-0.2, 0) is 6.54 Å². The summed E-state index contributed by atoms with van der Waals surface area (Å²) in [5.74, 6) is -2.39. The third-order valence-electron chi connectivity index (χ3n) is 3.56. The van der Waals surface area contributed by atoms with Gasteiger partial charge in [-0.1, -0.05) is 6.07 Å². The van der Waals surface area contributed by atoms with Gasteiger partial charge in [-0.15, -0.1) is 0 Å². The smallest absolute Gasteiger partial charge is 0.335 e. The molecule has 0 atom stereocenters. The molecular formula is C16H11NO5. The number of carboxylic acid groups (broad SMARTS) is 2. The number of fused-ring (bicyclic) bond motifs is 1. The summed E-state index contributed by atoms with van der Waals surface area (Å²) >= 11 is 0. The SMILES string of the molecule is O=C(O)c1cccc(N2Cc3cc(C(=O)O)ccc3C2=O)c1. The molecule has 2 aromatic rings. The summed E-state index contributed by atoms with van der Waals surface area (Å²) < 4.78 is 0. The van der Waals surface area contributed by atoms with E-state index in [0.717, 1.165) is 0 Å². The second kappa shape index (κ2) is 5.00. The van der Waals surface area contributed by atoms with Crippen LogP contribution in [-0.4, -0.2) is 28.1 Å². The van der Waals surface area contributed by atoms with Crippen LogP contribution in [0, 0.1) is 0 Å². The minimum absolute atomic E-state index is 0.0903. The Labute approximate surface area is 125 Å². The molecule has 0 saturated carbocycles. The van der Waals surface area contributed by atoms with Gasteiger partial charge in [-0.25, -0.2) is 9.59 Å². The fourth-order valence-electron chi connectivity index (χ4n) is 2.47. The van der Waals surface area contributed by atoms with E-state index in [9.17, 15) is 14.4 Å². The molecule has 1 aliphatic rings. The third-order valence-corrected chi connectivity index (χ3v) is 3.56. The first-order valence-electron chi connectivity index (χ1n) is 6.49. The molecule has 110 valence electrons. The zero-order chi connectivity index (χ0) is 15.9. The molecule has 0 aromatic heterocycles. The number of amides is 1. The largest absolute Gasteiger partial charge is 0.478 e. The number of hydrogen-bond acceptors (Lipinski definition) is 3. The lowest BCUT2D eigenvalue weighted by molar-refractivity contribution is 0.0686. The van der Waals surface area contributed by atoms with Gasteiger partial charge < -0.3 is 15.1 Å². The molecule has 0 unspecified atom stereocenters. The molecule has 3 rings (SSSR count). The zero-order valence-electron chi connectivity index (χ0n) is 11.3. The van der Waals surface area contributed by atoms with Crippen molar-refractivity contribution in [3.63, 3.8) is 0 Å². The highest BCUT2D eigenvalue weighted by Gasteiger charge is 2.29. The Morgan fingerprint density at radius 2 is 1.64 bits per heavy atom. The predicted octanol–water partition coefficient (Wildman–Crippen LogP) is 2.24. The summed E-state index contributed by atoms with van der Waals surface area (Å²) in [6.07, 6.45) is 0. The van der Waals surface area contributed by atoms with Gasteiger partial charge >= 0.3 is 11.9 Å². The van der Waals surface area contributed by atoms with Crippen molar-refractivity contribution in [3.05, 3.63) is 64.7 Å². The quantitative estimate of drug-likeness (QED) is 0.906. The maximum Gasteiger partial charge on any atom is 0.335 e. The van der Waals surface area contributed by atoms with E-state index in [1.54, 1.807) is 12.1 Å². The highest BCUT2D eigenvalue weighted by molar-refractivity contribution is 6.10. The highest BCUT2D eigenvalue weighted by Crippen LogP contribution is 2.29. The average molecular weight is 297 g/mol. The molecule has 6 heteroatoms. The first-order valence-corrected chi connectivity index (χ1v) is 6.49. The van der Waals surface area contributed by atoms with E-state index in [-0.39, 0.29) is 23.6 Å². The lowest BCUT2D eigenvalue weighted by Crippen LogP contribution is -2.23. The lowest BCUT2D eigenvalue weighted by atomic mass is 10.1. The molecule has 1 amide bonds. The Kier molecular flexibility index (Phi) is 3.14. The van der Waals surface area contributed by atoms with Crippen molar-refractivity contribution in [3.8, 4) is 0 Å². The fourth-order valence-corrected chi connectivity index (χ4v) is 2.47. The van der Waals surface area contributed by atoms with Gasteiger partial charge in [0.2, 0.25) is 0 Å². The van der Waals surface area contributed by atoms with Gasteiger partial charge in [-0.2, -0.15) is 0 Å². The molecule has 0 bridgehead atoms. The monoisotopic (exact) mass is 297 g/mol. The van der Waals surface area contributed by atoms with Crippen LogP contribution in [0.4, 0.5) is 5.69 Å². The van der Waals surface area contributed by atoms with Gasteiger partial charge in [0, 0.05) is 11.3 Å². The van der Waals surface area contributed by atoms with Crippen LogP contribution in [0.3, 0.4) is 0 Å². The number of carbonyl (C=O) groups excluding carboxylic acids is 1. The lowest BCUT2D eigenvalue weighted by Gasteiger charge is -2.16. The average Bonchev–Trinajstić information content (AvgIpc) is 2.84. The molecule has 1 heterocycles. The highest BCUT2D eigenvalue weighted by atomic mass is 16.4. The second-order valence-electron chi connectivity index (χ2n) is 4.92. The van der Waals surface area contributed by atoms with Crippen molar-refractivity contribution in [2.24, 2.45) is 0 Å². The number of hydrogen-bond donors (Lipinski definition) is 2. The summed E-state index contributed by atoms with van der Waals surface area (Å²) in [6, 6.07) is 10.4. The predicted molar refractivity (Wildman–Crippen MR) is 77.3 cm³/mol.